The molecule has 1 aliphatic heterocycles. The highest BCUT2D eigenvalue weighted by molar-refractivity contribution is 5.97. The first-order chi connectivity index (χ1) is 10.5. The van der Waals surface area contributed by atoms with Crippen molar-refractivity contribution in [2.24, 2.45) is 0 Å². The van der Waals surface area contributed by atoms with Gasteiger partial charge in [0.1, 0.15) is 6.04 Å². The highest BCUT2D eigenvalue weighted by Crippen LogP contribution is 2.30. The van der Waals surface area contributed by atoms with E-state index < -0.39 is 30.8 Å². The number of benzene rings is 1. The number of fused-ring (bicyclic) bond motifs is 1. The van der Waals surface area contributed by atoms with Gasteiger partial charge in [-0.25, -0.2) is 13.6 Å². The van der Waals surface area contributed by atoms with Gasteiger partial charge in [-0.05, 0) is 18.2 Å². The molecule has 0 aliphatic carbocycles. The van der Waals surface area contributed by atoms with Crippen molar-refractivity contribution in [3.05, 3.63) is 23.8 Å². The van der Waals surface area contributed by atoms with Crippen molar-refractivity contribution < 1.29 is 33.0 Å². The highest BCUT2D eigenvalue weighted by Gasteiger charge is 2.25. The fourth-order valence-corrected chi connectivity index (χ4v) is 1.95. The summed E-state index contributed by atoms with van der Waals surface area (Å²) < 4.78 is 35.5. The van der Waals surface area contributed by atoms with Crippen LogP contribution in [0.3, 0.4) is 0 Å². The van der Waals surface area contributed by atoms with Crippen LogP contribution in [0.15, 0.2) is 18.2 Å². The van der Waals surface area contributed by atoms with E-state index >= 15 is 0 Å². The molecule has 22 heavy (non-hydrogen) atoms. The number of nitrogens with one attached hydrogen (secondary N) is 1. The van der Waals surface area contributed by atoms with Crippen molar-refractivity contribution in [3.8, 4) is 11.5 Å². The van der Waals surface area contributed by atoms with E-state index in [0.29, 0.717) is 31.1 Å². The van der Waals surface area contributed by atoms with E-state index in [1.54, 1.807) is 0 Å². The molecule has 0 saturated heterocycles. The Bertz CT molecular complexity index is 564. The SMILES string of the molecule is O=C(NC(CC(F)F)C(=O)O)c1ccc2c(c1)OCCCO2. The van der Waals surface area contributed by atoms with Crippen molar-refractivity contribution >= 4 is 11.9 Å². The number of hydrogen-bond donors (Lipinski definition) is 2. The first-order valence-corrected chi connectivity index (χ1v) is 6.69. The minimum Gasteiger partial charge on any atom is -0.490 e. The number of alkyl halides is 2. The standard InChI is InChI=1S/C14H15F2NO5/c15-12(16)7-9(14(19)20)17-13(18)8-2-3-10-11(6-8)22-5-1-4-21-10/h2-3,6,9,12H,1,4-5,7H2,(H,17,18)(H,19,20). The number of ether oxygens (including phenoxy) is 2. The summed E-state index contributed by atoms with van der Waals surface area (Å²) in [6.07, 6.45) is -3.08. The van der Waals surface area contributed by atoms with E-state index in [2.05, 4.69) is 5.32 Å². The van der Waals surface area contributed by atoms with Gasteiger partial charge in [0.15, 0.2) is 11.5 Å². The Morgan fingerprint density at radius 3 is 2.55 bits per heavy atom. The van der Waals surface area contributed by atoms with Crippen LogP contribution in [0.25, 0.3) is 0 Å². The van der Waals surface area contributed by atoms with Crippen molar-refractivity contribution in [2.75, 3.05) is 13.2 Å². The average molecular weight is 315 g/mol. The topological polar surface area (TPSA) is 84.9 Å². The molecule has 2 N–H and O–H groups in total. The molecule has 1 unspecified atom stereocenters. The largest absolute Gasteiger partial charge is 0.490 e. The average Bonchev–Trinajstić information content (AvgIpc) is 2.70. The summed E-state index contributed by atoms with van der Waals surface area (Å²) in [7, 11) is 0. The molecule has 1 amide bonds. The second kappa shape index (κ2) is 7.06. The van der Waals surface area contributed by atoms with Crippen LogP contribution in [-0.4, -0.2) is 42.7 Å². The minimum atomic E-state index is -2.83. The third-order valence-electron chi connectivity index (χ3n) is 3.03. The normalized spacial score (nSPS) is 15.0. The highest BCUT2D eigenvalue weighted by atomic mass is 19.3. The van der Waals surface area contributed by atoms with Crippen LogP contribution in [0.1, 0.15) is 23.2 Å². The quantitative estimate of drug-likeness (QED) is 0.863. The van der Waals surface area contributed by atoms with E-state index in [1.807, 2.05) is 0 Å². The number of amides is 1. The van der Waals surface area contributed by atoms with Crippen LogP contribution in [0.5, 0.6) is 11.5 Å². The zero-order valence-electron chi connectivity index (χ0n) is 11.6. The van der Waals surface area contributed by atoms with E-state index in [-0.39, 0.29) is 5.56 Å². The zero-order valence-corrected chi connectivity index (χ0v) is 11.6. The molecular formula is C14H15F2NO5. The van der Waals surface area contributed by atoms with Crippen LogP contribution in [0.2, 0.25) is 0 Å². The molecule has 120 valence electrons. The number of aliphatic carboxylic acids is 1. The maximum Gasteiger partial charge on any atom is 0.326 e. The first-order valence-electron chi connectivity index (χ1n) is 6.69. The van der Waals surface area contributed by atoms with Gasteiger partial charge in [0.2, 0.25) is 6.43 Å². The molecule has 0 fully saturated rings. The molecular weight excluding hydrogens is 300 g/mol. The number of carbonyl (C=O) groups excluding carboxylic acids is 1. The molecule has 1 aromatic rings. The van der Waals surface area contributed by atoms with Gasteiger partial charge in [-0.3, -0.25) is 4.79 Å². The number of halogens is 2. The predicted octanol–water partition coefficient (Wildman–Crippen LogP) is 1.69. The van der Waals surface area contributed by atoms with E-state index in [1.165, 1.54) is 18.2 Å². The van der Waals surface area contributed by atoms with Crippen molar-refractivity contribution in [1.82, 2.24) is 5.32 Å². The lowest BCUT2D eigenvalue weighted by Crippen LogP contribution is -2.42. The number of rotatable bonds is 5. The van der Waals surface area contributed by atoms with Crippen LogP contribution >= 0.6 is 0 Å². The van der Waals surface area contributed by atoms with Crippen LogP contribution < -0.4 is 14.8 Å². The smallest absolute Gasteiger partial charge is 0.326 e. The molecule has 6 nitrogen and oxygen atoms in total. The summed E-state index contributed by atoms with van der Waals surface area (Å²) in [6, 6.07) is 2.70. The Morgan fingerprint density at radius 2 is 1.91 bits per heavy atom. The van der Waals surface area contributed by atoms with E-state index in [4.69, 9.17) is 14.6 Å². The fraction of sp³-hybridized carbons (Fsp3) is 0.429. The second-order valence-electron chi connectivity index (χ2n) is 4.70. The van der Waals surface area contributed by atoms with Crippen LogP contribution in [-0.2, 0) is 4.79 Å². The van der Waals surface area contributed by atoms with Crippen LogP contribution in [0.4, 0.5) is 8.78 Å². The molecule has 0 bridgehead atoms. The molecule has 1 atom stereocenters. The Kier molecular flexibility index (Phi) is 5.13. The summed E-state index contributed by atoms with van der Waals surface area (Å²) in [6.45, 7) is 0.926. The molecule has 8 heteroatoms. The van der Waals surface area contributed by atoms with Crippen molar-refractivity contribution in [1.29, 1.82) is 0 Å². The number of hydrogen-bond acceptors (Lipinski definition) is 4. The lowest BCUT2D eigenvalue weighted by Gasteiger charge is -2.15. The van der Waals surface area contributed by atoms with Gasteiger partial charge in [0.05, 0.1) is 13.2 Å². The monoisotopic (exact) mass is 315 g/mol. The molecule has 0 spiro atoms. The van der Waals surface area contributed by atoms with Crippen LogP contribution in [0, 0.1) is 0 Å². The Balaban J connectivity index is 2.11. The molecule has 1 heterocycles. The van der Waals surface area contributed by atoms with Gasteiger partial charge in [0, 0.05) is 18.4 Å². The van der Waals surface area contributed by atoms with Gasteiger partial charge >= 0.3 is 5.97 Å². The molecule has 0 radical (unpaired) electrons. The molecule has 2 rings (SSSR count). The minimum absolute atomic E-state index is 0.116. The predicted molar refractivity (Wildman–Crippen MR) is 71.6 cm³/mol. The van der Waals surface area contributed by atoms with E-state index in [9.17, 15) is 18.4 Å². The maximum absolute atomic E-state index is 12.3. The van der Waals surface area contributed by atoms with Gasteiger partial charge in [-0.1, -0.05) is 0 Å². The van der Waals surface area contributed by atoms with Gasteiger partial charge in [-0.15, -0.1) is 0 Å². The van der Waals surface area contributed by atoms with Crippen molar-refractivity contribution in [2.45, 2.75) is 25.3 Å². The van der Waals surface area contributed by atoms with E-state index in [0.717, 1.165) is 0 Å². The lowest BCUT2D eigenvalue weighted by molar-refractivity contribution is -0.140. The third kappa shape index (κ3) is 4.06. The number of carbonyl (C=O) groups is 2. The second-order valence-corrected chi connectivity index (χ2v) is 4.70. The number of carboxylic acids is 1. The maximum atomic E-state index is 12.3. The molecule has 1 aromatic carbocycles. The Hall–Kier alpha value is -2.38. The molecule has 1 aliphatic rings. The third-order valence-corrected chi connectivity index (χ3v) is 3.03. The summed E-state index contributed by atoms with van der Waals surface area (Å²) in [5.41, 5.74) is 0.116. The summed E-state index contributed by atoms with van der Waals surface area (Å²) >= 11 is 0. The fourth-order valence-electron chi connectivity index (χ4n) is 1.95. The summed E-state index contributed by atoms with van der Waals surface area (Å²) in [5, 5.41) is 10.9. The van der Waals surface area contributed by atoms with Gasteiger partial charge < -0.3 is 19.9 Å². The molecule has 0 aromatic heterocycles. The zero-order chi connectivity index (χ0) is 16.1. The van der Waals surface area contributed by atoms with Crippen molar-refractivity contribution in [3.63, 3.8) is 0 Å². The lowest BCUT2D eigenvalue weighted by atomic mass is 10.1. The summed E-state index contributed by atoms with van der Waals surface area (Å²) in [4.78, 5) is 22.9. The summed E-state index contributed by atoms with van der Waals surface area (Å²) in [5.74, 6) is -1.42. The first kappa shape index (κ1) is 16.0. The molecule has 0 saturated carbocycles. The van der Waals surface area contributed by atoms with Gasteiger partial charge in [0.25, 0.3) is 5.91 Å². The number of carboxylic acid groups (broad SMARTS) is 1. The Morgan fingerprint density at radius 1 is 1.23 bits per heavy atom. The van der Waals surface area contributed by atoms with Gasteiger partial charge in [-0.2, -0.15) is 0 Å². The Labute approximate surface area is 125 Å².